The quantitative estimate of drug-likeness (QED) is 0.179. The molecule has 2 aromatic heterocycles. The number of carbonyl (C=O) groups is 1. The van der Waals surface area contributed by atoms with Gasteiger partial charge in [-0.15, -0.1) is 0 Å². The van der Waals surface area contributed by atoms with Crippen LogP contribution in [0.3, 0.4) is 0 Å². The van der Waals surface area contributed by atoms with E-state index in [2.05, 4.69) is 39.0 Å². The highest BCUT2D eigenvalue weighted by Gasteiger charge is 2.30. The highest BCUT2D eigenvalue weighted by atomic mass is 16.5. The zero-order valence-electron chi connectivity index (χ0n) is 30.7. The van der Waals surface area contributed by atoms with Crippen molar-refractivity contribution in [1.29, 1.82) is 0 Å². The van der Waals surface area contributed by atoms with Crippen molar-refractivity contribution in [2.75, 3.05) is 88.1 Å². The Labute approximate surface area is 315 Å². The fraction of sp³-hybridized carbons (Fsp3) is 0.341. The molecule has 0 N–H and O–H groups in total. The van der Waals surface area contributed by atoms with Gasteiger partial charge >= 0.3 is 0 Å². The molecule has 0 atom stereocenters. The minimum Gasteiger partial charge on any atom is -0.497 e. The summed E-state index contributed by atoms with van der Waals surface area (Å²) in [5.74, 6) is 3.71. The van der Waals surface area contributed by atoms with Gasteiger partial charge in [0.25, 0.3) is 5.91 Å². The maximum absolute atomic E-state index is 13.4. The normalized spacial score (nSPS) is 15.6. The van der Waals surface area contributed by atoms with Gasteiger partial charge < -0.3 is 38.5 Å². The summed E-state index contributed by atoms with van der Waals surface area (Å²) in [4.78, 5) is 42.0. The molecule has 278 valence electrons. The lowest BCUT2D eigenvalue weighted by molar-refractivity contribution is 0.0303. The van der Waals surface area contributed by atoms with Crippen LogP contribution in [0.4, 0.5) is 23.4 Å². The summed E-state index contributed by atoms with van der Waals surface area (Å²) in [5, 5.41) is 0. The number of rotatable bonds is 11. The molecule has 13 nitrogen and oxygen atoms in total. The second-order valence-electron chi connectivity index (χ2n) is 13.5. The zero-order valence-corrected chi connectivity index (χ0v) is 30.7. The Balaban J connectivity index is 1.12. The molecular weight excluding hydrogens is 685 g/mol. The predicted octanol–water partition coefficient (Wildman–Crippen LogP) is 5.16. The first-order valence-corrected chi connectivity index (χ1v) is 18.4. The van der Waals surface area contributed by atoms with E-state index in [0.717, 1.165) is 57.4 Å². The zero-order chi connectivity index (χ0) is 36.9. The molecule has 3 aliphatic rings. The summed E-state index contributed by atoms with van der Waals surface area (Å²) in [6.07, 6.45) is 4.47. The maximum atomic E-state index is 13.4. The first-order valence-electron chi connectivity index (χ1n) is 18.4. The van der Waals surface area contributed by atoms with Crippen LogP contribution in [0, 0.1) is 0 Å². The molecule has 3 aliphatic heterocycles. The van der Waals surface area contributed by atoms with Gasteiger partial charge in [-0.1, -0.05) is 30.3 Å². The Hall–Kier alpha value is -5.79. The summed E-state index contributed by atoms with van der Waals surface area (Å²) < 4.78 is 21.9. The lowest BCUT2D eigenvalue weighted by atomic mass is 10.1. The number of amides is 1. The van der Waals surface area contributed by atoms with E-state index in [1.807, 2.05) is 65.8 Å². The van der Waals surface area contributed by atoms with E-state index in [1.54, 1.807) is 14.2 Å². The Morgan fingerprint density at radius 2 is 1.37 bits per heavy atom. The number of fused-ring (bicyclic) bond motifs is 1. The fourth-order valence-corrected chi connectivity index (χ4v) is 7.10. The minimum absolute atomic E-state index is 0.0159. The molecule has 2 fully saturated rings. The van der Waals surface area contributed by atoms with Crippen LogP contribution in [-0.2, 0) is 29.0 Å². The van der Waals surface area contributed by atoms with Gasteiger partial charge in [-0.25, -0.2) is 15.0 Å². The summed E-state index contributed by atoms with van der Waals surface area (Å²) in [7, 11) is 3.34. The molecule has 3 aromatic carbocycles. The van der Waals surface area contributed by atoms with Gasteiger partial charge in [-0.3, -0.25) is 4.79 Å². The third-order valence-electron chi connectivity index (χ3n) is 10.1. The molecule has 2 saturated heterocycles. The van der Waals surface area contributed by atoms with Gasteiger partial charge in [0.2, 0.25) is 11.9 Å². The van der Waals surface area contributed by atoms with Crippen LogP contribution in [0.25, 0.3) is 11.3 Å². The van der Waals surface area contributed by atoms with E-state index in [-0.39, 0.29) is 5.91 Å². The number of nitrogens with zero attached hydrogens (tertiary/aromatic N) is 8. The second-order valence-corrected chi connectivity index (χ2v) is 13.5. The van der Waals surface area contributed by atoms with Crippen molar-refractivity contribution < 1.29 is 23.7 Å². The number of benzene rings is 3. The van der Waals surface area contributed by atoms with Crippen molar-refractivity contribution in [3.8, 4) is 22.8 Å². The third kappa shape index (κ3) is 7.64. The van der Waals surface area contributed by atoms with Gasteiger partial charge in [0.15, 0.2) is 0 Å². The molecule has 54 heavy (non-hydrogen) atoms. The molecule has 0 bridgehead atoms. The Bertz CT molecular complexity index is 2000. The van der Waals surface area contributed by atoms with E-state index >= 15 is 0 Å². The first-order chi connectivity index (χ1) is 26.6. The number of morpholine rings is 2. The summed E-state index contributed by atoms with van der Waals surface area (Å²) in [6.45, 7) is 6.83. The van der Waals surface area contributed by atoms with Crippen LogP contribution in [0.15, 0.2) is 85.2 Å². The largest absolute Gasteiger partial charge is 0.497 e. The Kier molecular flexibility index (Phi) is 10.5. The van der Waals surface area contributed by atoms with Crippen molar-refractivity contribution in [2.45, 2.75) is 19.5 Å². The highest BCUT2D eigenvalue weighted by molar-refractivity contribution is 5.95. The molecule has 8 rings (SSSR count). The van der Waals surface area contributed by atoms with E-state index in [9.17, 15) is 4.79 Å². The Morgan fingerprint density at radius 3 is 1.98 bits per heavy atom. The van der Waals surface area contributed by atoms with Crippen molar-refractivity contribution >= 4 is 29.3 Å². The van der Waals surface area contributed by atoms with Crippen LogP contribution in [0.5, 0.6) is 11.5 Å². The third-order valence-corrected chi connectivity index (χ3v) is 10.1. The Morgan fingerprint density at radius 1 is 0.759 bits per heavy atom. The number of aromatic nitrogens is 4. The van der Waals surface area contributed by atoms with Crippen molar-refractivity contribution in [1.82, 2.24) is 24.8 Å². The topological polar surface area (TPSA) is 119 Å². The molecule has 1 amide bonds. The first kappa shape index (κ1) is 35.3. The number of hydrogen-bond acceptors (Lipinski definition) is 12. The van der Waals surface area contributed by atoms with Crippen LogP contribution < -0.4 is 24.2 Å². The molecule has 0 unspecified atom stereocenters. The number of hydrogen-bond donors (Lipinski definition) is 0. The lowest BCUT2D eigenvalue weighted by Crippen LogP contribution is -2.40. The van der Waals surface area contributed by atoms with Gasteiger partial charge in [0.05, 0.1) is 46.3 Å². The average Bonchev–Trinajstić information content (AvgIpc) is 3.68. The van der Waals surface area contributed by atoms with Gasteiger partial charge in [-0.05, 0) is 60.0 Å². The van der Waals surface area contributed by atoms with Gasteiger partial charge in [0.1, 0.15) is 17.3 Å². The summed E-state index contributed by atoms with van der Waals surface area (Å²) in [6, 6.07) is 24.0. The number of carbonyl (C=O) groups excluding carboxylic acids is 1. The van der Waals surface area contributed by atoms with E-state index < -0.39 is 0 Å². The van der Waals surface area contributed by atoms with Crippen LogP contribution in [0.2, 0.25) is 0 Å². The minimum atomic E-state index is 0.0159. The lowest BCUT2D eigenvalue weighted by Gasteiger charge is -2.29. The van der Waals surface area contributed by atoms with Gasteiger partial charge in [-0.2, -0.15) is 4.98 Å². The summed E-state index contributed by atoms with van der Waals surface area (Å²) >= 11 is 0. The predicted molar refractivity (Wildman–Crippen MR) is 206 cm³/mol. The summed E-state index contributed by atoms with van der Waals surface area (Å²) in [5.41, 5.74) is 6.45. The molecule has 0 spiro atoms. The molecule has 0 saturated carbocycles. The highest BCUT2D eigenvalue weighted by Crippen LogP contribution is 2.39. The van der Waals surface area contributed by atoms with Crippen molar-refractivity contribution in [3.05, 3.63) is 107 Å². The van der Waals surface area contributed by atoms with Crippen LogP contribution in [0.1, 0.15) is 27.0 Å². The molecule has 5 heterocycles. The molecule has 0 radical (unpaired) electrons. The standard InChI is InChI=1S/C41H44N8O5/c1-51-34-10-6-29(7-11-34)27-48(28-30-8-12-35(52-2)13-9-30)40-42-25-32(26-43-40)37-36-14-15-49(38(36)45-41(44-37)47-18-22-54-23-19-47)33-5-3-4-31(24-33)39(50)46-16-20-53-21-17-46/h3-13,24-26H,14-23,27-28H2,1-2H3. The SMILES string of the molecule is COc1ccc(CN(Cc2ccc(OC)cc2)c2ncc(-c3nc(N4CCOCC4)nc4c3CCN4c3cccc(C(=O)N4CCOCC4)c3)cn2)cc1. The molecule has 0 aliphatic carbocycles. The van der Waals surface area contributed by atoms with Crippen molar-refractivity contribution in [3.63, 3.8) is 0 Å². The molecule has 13 heteroatoms. The maximum Gasteiger partial charge on any atom is 0.254 e. The van der Waals surface area contributed by atoms with Crippen LogP contribution >= 0.6 is 0 Å². The number of methoxy groups -OCH3 is 2. The van der Waals surface area contributed by atoms with Crippen molar-refractivity contribution in [2.24, 2.45) is 0 Å². The number of anilines is 4. The smallest absolute Gasteiger partial charge is 0.254 e. The second kappa shape index (κ2) is 16.1. The van der Waals surface area contributed by atoms with Crippen LogP contribution in [-0.4, -0.2) is 104 Å². The molecular formula is C41H44N8O5. The van der Waals surface area contributed by atoms with E-state index in [4.69, 9.17) is 38.9 Å². The fourth-order valence-electron chi connectivity index (χ4n) is 7.10. The average molecular weight is 729 g/mol. The molecule has 5 aromatic rings. The monoisotopic (exact) mass is 728 g/mol. The van der Waals surface area contributed by atoms with E-state index in [1.165, 1.54) is 0 Å². The van der Waals surface area contributed by atoms with E-state index in [0.29, 0.717) is 89.7 Å². The number of ether oxygens (including phenoxy) is 4. The van der Waals surface area contributed by atoms with Gasteiger partial charge in [0, 0.05) is 80.6 Å².